The van der Waals surface area contributed by atoms with E-state index in [1.165, 1.54) is 30.6 Å². The van der Waals surface area contributed by atoms with Crippen LogP contribution < -0.4 is 19.6 Å². The van der Waals surface area contributed by atoms with E-state index in [1.54, 1.807) is 23.0 Å². The van der Waals surface area contributed by atoms with Gasteiger partial charge in [0.2, 0.25) is 4.80 Å². The van der Waals surface area contributed by atoms with E-state index in [0.717, 1.165) is 28.9 Å². The van der Waals surface area contributed by atoms with Crippen LogP contribution in [0.3, 0.4) is 0 Å². The second-order valence-corrected chi connectivity index (χ2v) is 9.39. The smallest absolute Gasteiger partial charge is 0.262 e. The van der Waals surface area contributed by atoms with Crippen LogP contribution in [0.25, 0.3) is 11.3 Å². The van der Waals surface area contributed by atoms with Gasteiger partial charge in [-0.2, -0.15) is 5.10 Å². The molecular formula is C26H28N4O4S. The fourth-order valence-corrected chi connectivity index (χ4v) is 5.25. The minimum atomic E-state index is -0.177. The van der Waals surface area contributed by atoms with Gasteiger partial charge in [0.15, 0.2) is 18.1 Å². The average Bonchev–Trinajstić information content (AvgIpc) is 3.27. The maximum Gasteiger partial charge on any atom is 0.262 e. The van der Waals surface area contributed by atoms with Crippen molar-refractivity contribution < 1.29 is 19.4 Å². The Bertz CT molecular complexity index is 1320. The fourth-order valence-electron chi connectivity index (χ4n) is 4.34. The number of phenolic OH excluding ortho intramolecular Hbond substituents is 1. The Balaban J connectivity index is 1.57. The summed E-state index contributed by atoms with van der Waals surface area (Å²) in [6, 6.07) is 11.3. The Labute approximate surface area is 207 Å². The number of carbonyl (C=O) groups is 1. The highest BCUT2D eigenvalue weighted by Gasteiger charge is 2.19. The standard InChI is InChI=1S/C26H28N4O4S/c1-2-33-23-10-6-7-18(25(23)32)14-27-30-21(16-35-26(30)28-19-8-4-3-5-9-19)17-11-12-22-20(13-17)29-24(31)15-34-22/h6-7,10-14,16,19,32H,2-5,8-9,15H2,1H3,(H,29,31). The first-order valence-corrected chi connectivity index (χ1v) is 12.8. The lowest BCUT2D eigenvalue weighted by Crippen LogP contribution is -2.25. The maximum absolute atomic E-state index is 11.8. The monoisotopic (exact) mass is 492 g/mol. The number of amides is 1. The number of hydrogen-bond donors (Lipinski definition) is 2. The van der Waals surface area contributed by atoms with Crippen molar-refractivity contribution in [2.24, 2.45) is 10.1 Å². The molecule has 0 spiro atoms. The van der Waals surface area contributed by atoms with E-state index in [9.17, 15) is 9.90 Å². The zero-order valence-electron chi connectivity index (χ0n) is 19.6. The van der Waals surface area contributed by atoms with Crippen LogP contribution in [-0.2, 0) is 4.79 Å². The van der Waals surface area contributed by atoms with Crippen LogP contribution in [0.1, 0.15) is 44.6 Å². The number of hydrogen-bond acceptors (Lipinski definition) is 7. The number of para-hydroxylation sites is 1. The number of nitrogens with zero attached hydrogens (tertiary/aromatic N) is 3. The maximum atomic E-state index is 11.8. The van der Waals surface area contributed by atoms with Crippen LogP contribution in [0.5, 0.6) is 17.2 Å². The third-order valence-corrected chi connectivity index (χ3v) is 6.93. The lowest BCUT2D eigenvalue weighted by molar-refractivity contribution is -0.118. The van der Waals surface area contributed by atoms with Gasteiger partial charge in [-0.3, -0.25) is 9.79 Å². The van der Waals surface area contributed by atoms with Crippen LogP contribution in [0.4, 0.5) is 5.69 Å². The van der Waals surface area contributed by atoms with Crippen molar-refractivity contribution in [2.45, 2.75) is 45.1 Å². The molecular weight excluding hydrogens is 464 g/mol. The van der Waals surface area contributed by atoms with Gasteiger partial charge in [0.1, 0.15) is 5.75 Å². The minimum absolute atomic E-state index is 0.0177. The number of fused-ring (bicyclic) bond motifs is 1. The Kier molecular flexibility index (Phi) is 6.85. The summed E-state index contributed by atoms with van der Waals surface area (Å²) in [5, 5.41) is 20.2. The average molecular weight is 493 g/mol. The Morgan fingerprint density at radius 1 is 1.26 bits per heavy atom. The summed E-state index contributed by atoms with van der Waals surface area (Å²) in [5.41, 5.74) is 2.90. The van der Waals surface area contributed by atoms with E-state index in [0.29, 0.717) is 29.4 Å². The summed E-state index contributed by atoms with van der Waals surface area (Å²) in [6.45, 7) is 2.35. The van der Waals surface area contributed by atoms with E-state index in [1.807, 2.05) is 36.6 Å². The molecule has 2 aliphatic rings. The molecule has 2 N–H and O–H groups in total. The van der Waals surface area contributed by atoms with Crippen molar-refractivity contribution in [3.05, 3.63) is 52.1 Å². The van der Waals surface area contributed by atoms with Gasteiger partial charge in [0.05, 0.1) is 30.2 Å². The summed E-state index contributed by atoms with van der Waals surface area (Å²) in [4.78, 5) is 17.6. The molecule has 0 radical (unpaired) electrons. The molecule has 1 amide bonds. The zero-order valence-corrected chi connectivity index (χ0v) is 20.4. The third-order valence-electron chi connectivity index (χ3n) is 6.10. The Morgan fingerprint density at radius 2 is 2.11 bits per heavy atom. The van der Waals surface area contributed by atoms with Gasteiger partial charge < -0.3 is 19.9 Å². The summed E-state index contributed by atoms with van der Waals surface area (Å²) in [5.74, 6) is 0.936. The predicted molar refractivity (Wildman–Crippen MR) is 137 cm³/mol. The molecule has 0 saturated heterocycles. The highest BCUT2D eigenvalue weighted by atomic mass is 32.1. The number of aromatic hydroxyl groups is 1. The van der Waals surface area contributed by atoms with Crippen LogP contribution in [0, 0.1) is 0 Å². The molecule has 182 valence electrons. The number of carbonyl (C=O) groups excluding carboxylic acids is 1. The number of benzene rings is 2. The molecule has 1 aliphatic carbocycles. The first kappa shape index (κ1) is 23.2. The van der Waals surface area contributed by atoms with E-state index in [-0.39, 0.29) is 24.3 Å². The SMILES string of the molecule is CCOc1cccc(C=Nn2c(-c3ccc4c(c3)NC(=O)CO4)csc2=NC2CCCCC2)c1O. The first-order chi connectivity index (χ1) is 17.1. The van der Waals surface area contributed by atoms with Gasteiger partial charge in [-0.1, -0.05) is 25.3 Å². The van der Waals surface area contributed by atoms with Crippen LogP contribution in [-0.4, -0.2) is 41.2 Å². The van der Waals surface area contributed by atoms with Crippen molar-refractivity contribution in [3.63, 3.8) is 0 Å². The van der Waals surface area contributed by atoms with Crippen molar-refractivity contribution >= 4 is 29.1 Å². The summed E-state index contributed by atoms with van der Waals surface area (Å²) in [7, 11) is 0. The molecule has 1 aliphatic heterocycles. The lowest BCUT2D eigenvalue weighted by Gasteiger charge is -2.18. The number of phenols is 1. The summed E-state index contributed by atoms with van der Waals surface area (Å²) >= 11 is 1.53. The van der Waals surface area contributed by atoms with E-state index < -0.39 is 0 Å². The second-order valence-electron chi connectivity index (χ2n) is 8.56. The predicted octanol–water partition coefficient (Wildman–Crippen LogP) is 4.77. The molecule has 8 nitrogen and oxygen atoms in total. The second kappa shape index (κ2) is 10.4. The molecule has 35 heavy (non-hydrogen) atoms. The summed E-state index contributed by atoms with van der Waals surface area (Å²) in [6.07, 6.45) is 7.43. The van der Waals surface area contributed by atoms with E-state index >= 15 is 0 Å². The normalized spacial score (nSPS) is 16.7. The lowest BCUT2D eigenvalue weighted by atomic mass is 9.96. The molecule has 2 aromatic carbocycles. The van der Waals surface area contributed by atoms with Gasteiger partial charge in [0, 0.05) is 16.5 Å². The van der Waals surface area contributed by atoms with Crippen LogP contribution in [0.2, 0.25) is 0 Å². The number of nitrogens with one attached hydrogen (secondary N) is 1. The molecule has 1 saturated carbocycles. The van der Waals surface area contributed by atoms with Gasteiger partial charge in [-0.05, 0) is 50.1 Å². The van der Waals surface area contributed by atoms with Crippen molar-refractivity contribution in [3.8, 4) is 28.5 Å². The van der Waals surface area contributed by atoms with Gasteiger partial charge in [0.25, 0.3) is 5.91 Å². The molecule has 9 heteroatoms. The molecule has 0 atom stereocenters. The largest absolute Gasteiger partial charge is 0.504 e. The van der Waals surface area contributed by atoms with Crippen molar-refractivity contribution in [1.29, 1.82) is 0 Å². The summed E-state index contributed by atoms with van der Waals surface area (Å²) < 4.78 is 12.8. The first-order valence-electron chi connectivity index (χ1n) is 11.9. The quantitative estimate of drug-likeness (QED) is 0.485. The van der Waals surface area contributed by atoms with Crippen molar-refractivity contribution in [2.75, 3.05) is 18.5 Å². The fraction of sp³-hybridized carbons (Fsp3) is 0.346. The number of ether oxygens (including phenoxy) is 2. The van der Waals surface area contributed by atoms with Gasteiger partial charge in [-0.15, -0.1) is 11.3 Å². The number of thiazole rings is 1. The number of rotatable bonds is 6. The molecule has 2 heterocycles. The Hall–Kier alpha value is -3.59. The molecule has 0 unspecified atom stereocenters. The minimum Gasteiger partial charge on any atom is -0.504 e. The topological polar surface area (TPSA) is 97.4 Å². The van der Waals surface area contributed by atoms with E-state index in [2.05, 4.69) is 5.32 Å². The van der Waals surface area contributed by atoms with Crippen LogP contribution >= 0.6 is 11.3 Å². The molecule has 3 aromatic rings. The van der Waals surface area contributed by atoms with Crippen LogP contribution in [0.15, 0.2) is 51.9 Å². The van der Waals surface area contributed by atoms with Gasteiger partial charge in [-0.25, -0.2) is 4.68 Å². The van der Waals surface area contributed by atoms with E-state index in [4.69, 9.17) is 19.6 Å². The van der Waals surface area contributed by atoms with Crippen molar-refractivity contribution in [1.82, 2.24) is 4.68 Å². The number of anilines is 1. The highest BCUT2D eigenvalue weighted by Crippen LogP contribution is 2.33. The molecule has 1 fully saturated rings. The molecule has 0 bridgehead atoms. The highest BCUT2D eigenvalue weighted by molar-refractivity contribution is 7.07. The Morgan fingerprint density at radius 3 is 2.94 bits per heavy atom. The third kappa shape index (κ3) is 5.09. The number of aromatic nitrogens is 1. The van der Waals surface area contributed by atoms with Gasteiger partial charge >= 0.3 is 0 Å². The zero-order chi connectivity index (χ0) is 24.2. The molecule has 1 aromatic heterocycles. The molecule has 5 rings (SSSR count).